The number of sulfonamides is 1. The van der Waals surface area contributed by atoms with Crippen LogP contribution in [0.5, 0.6) is 0 Å². The number of amides is 1. The van der Waals surface area contributed by atoms with E-state index in [1.165, 1.54) is 49.2 Å². The molecule has 1 aromatic heterocycles. The smallest absolute Gasteiger partial charge is 0.243 e. The fourth-order valence-corrected chi connectivity index (χ4v) is 9.49. The number of benzene rings is 1. The molecule has 2 heterocycles. The van der Waals surface area contributed by atoms with Crippen molar-refractivity contribution in [3.05, 3.63) is 46.9 Å². The van der Waals surface area contributed by atoms with E-state index in [1.807, 2.05) is 19.9 Å². The van der Waals surface area contributed by atoms with Gasteiger partial charge in [-0.3, -0.25) is 4.79 Å². The fraction of sp³-hybridized carbons (Fsp3) is 0.593. The topological polar surface area (TPSA) is 92.3 Å². The molecule has 1 aromatic carbocycles. The second-order valence-electron chi connectivity index (χ2n) is 11.7. The van der Waals surface area contributed by atoms with Crippen LogP contribution in [0.4, 0.5) is 5.82 Å². The lowest BCUT2D eigenvalue weighted by atomic mass is 9.49. The van der Waals surface area contributed by atoms with Crippen LogP contribution >= 0.6 is 0 Å². The average molecular weight is 495 g/mol. The number of hydrogen-bond acceptors (Lipinski definition) is 5. The van der Waals surface area contributed by atoms with Gasteiger partial charge in [0.2, 0.25) is 15.9 Å². The monoisotopic (exact) mass is 494 g/mol. The first-order chi connectivity index (χ1) is 16.7. The number of nitrogens with one attached hydrogen (secondary N) is 1. The summed E-state index contributed by atoms with van der Waals surface area (Å²) in [7, 11) is -3.63. The van der Waals surface area contributed by atoms with Crippen molar-refractivity contribution in [1.29, 1.82) is 0 Å². The lowest BCUT2D eigenvalue weighted by molar-refractivity contribution is -0.124. The van der Waals surface area contributed by atoms with Crippen molar-refractivity contribution in [3.63, 3.8) is 0 Å². The number of rotatable bonds is 5. The minimum atomic E-state index is -3.63. The van der Waals surface area contributed by atoms with Crippen molar-refractivity contribution < 1.29 is 13.2 Å². The van der Waals surface area contributed by atoms with E-state index in [-0.39, 0.29) is 17.9 Å². The van der Waals surface area contributed by atoms with Crippen molar-refractivity contribution in [2.75, 3.05) is 11.9 Å². The number of aromatic nitrogens is 2. The van der Waals surface area contributed by atoms with E-state index < -0.39 is 10.0 Å². The Bertz CT molecular complexity index is 1230. The maximum atomic E-state index is 13.3. The summed E-state index contributed by atoms with van der Waals surface area (Å²) in [6, 6.07) is 5.40. The van der Waals surface area contributed by atoms with Gasteiger partial charge in [0, 0.05) is 18.5 Å². The molecule has 4 saturated carbocycles. The van der Waals surface area contributed by atoms with Gasteiger partial charge in [0.1, 0.15) is 12.1 Å². The Hall–Kier alpha value is -2.32. The third-order valence-electron chi connectivity index (χ3n) is 8.76. The lowest BCUT2D eigenvalue weighted by Gasteiger charge is -2.56. The van der Waals surface area contributed by atoms with E-state index in [0.29, 0.717) is 35.8 Å². The molecule has 7 rings (SSSR count). The molecule has 0 radical (unpaired) electrons. The van der Waals surface area contributed by atoms with Gasteiger partial charge in [-0.25, -0.2) is 18.4 Å². The molecule has 35 heavy (non-hydrogen) atoms. The second-order valence-corrected chi connectivity index (χ2v) is 13.6. The van der Waals surface area contributed by atoms with E-state index in [1.54, 1.807) is 12.1 Å². The molecule has 0 saturated heterocycles. The lowest BCUT2D eigenvalue weighted by Crippen LogP contribution is -2.47. The third-order valence-corrected chi connectivity index (χ3v) is 10.6. The molecular formula is C27H34N4O3S. The summed E-state index contributed by atoms with van der Waals surface area (Å²) >= 11 is 0. The number of aryl methyl sites for hydroxylation is 2. The van der Waals surface area contributed by atoms with Gasteiger partial charge in [0.25, 0.3) is 0 Å². The molecule has 0 spiro atoms. The zero-order valence-corrected chi connectivity index (χ0v) is 21.4. The molecule has 1 N–H and O–H groups in total. The van der Waals surface area contributed by atoms with E-state index >= 15 is 0 Å². The highest BCUT2D eigenvalue weighted by molar-refractivity contribution is 7.89. The van der Waals surface area contributed by atoms with Gasteiger partial charge in [0.05, 0.1) is 17.1 Å². The Labute approximate surface area is 207 Å². The number of nitrogens with zero attached hydrogens (tertiary/aromatic N) is 3. The van der Waals surface area contributed by atoms with E-state index in [9.17, 15) is 13.2 Å². The highest BCUT2D eigenvalue weighted by Crippen LogP contribution is 2.61. The zero-order valence-electron chi connectivity index (χ0n) is 20.6. The number of anilines is 1. The third kappa shape index (κ3) is 4.29. The summed E-state index contributed by atoms with van der Waals surface area (Å²) in [5, 5.41) is 3.09. The van der Waals surface area contributed by atoms with Gasteiger partial charge in [0.15, 0.2) is 0 Å². The summed E-state index contributed by atoms with van der Waals surface area (Å²) in [6.45, 7) is 4.34. The minimum Gasteiger partial charge on any atom is -0.310 e. The molecule has 8 heteroatoms. The van der Waals surface area contributed by atoms with Crippen molar-refractivity contribution in [2.45, 2.75) is 76.7 Å². The second kappa shape index (κ2) is 8.37. The fourth-order valence-electron chi connectivity index (χ4n) is 7.90. The average Bonchev–Trinajstić information content (AvgIpc) is 2.77. The number of fused-ring (bicyclic) bond motifs is 1. The van der Waals surface area contributed by atoms with Gasteiger partial charge in [-0.2, -0.15) is 4.31 Å². The molecule has 0 atom stereocenters. The van der Waals surface area contributed by atoms with Crippen LogP contribution in [0, 0.1) is 37.0 Å². The maximum absolute atomic E-state index is 13.3. The number of carbonyl (C=O) groups excluding carboxylic acids is 1. The molecule has 4 aliphatic carbocycles. The van der Waals surface area contributed by atoms with Gasteiger partial charge in [-0.1, -0.05) is 6.07 Å². The first kappa shape index (κ1) is 23.1. The number of hydrogen-bond donors (Lipinski definition) is 1. The largest absolute Gasteiger partial charge is 0.310 e. The van der Waals surface area contributed by atoms with Crippen LogP contribution in [-0.4, -0.2) is 35.1 Å². The Kier molecular flexibility index (Phi) is 5.53. The van der Waals surface area contributed by atoms with Gasteiger partial charge < -0.3 is 5.32 Å². The molecule has 1 amide bonds. The van der Waals surface area contributed by atoms with Crippen LogP contribution in [-0.2, 0) is 27.8 Å². The Morgan fingerprint density at radius 1 is 1.03 bits per heavy atom. The van der Waals surface area contributed by atoms with Gasteiger partial charge in [-0.05, 0) is 105 Å². The van der Waals surface area contributed by atoms with Crippen LogP contribution in [0.1, 0.15) is 67.3 Å². The molecule has 4 bridgehead atoms. The quantitative estimate of drug-likeness (QED) is 0.666. The first-order valence-electron chi connectivity index (χ1n) is 12.9. The van der Waals surface area contributed by atoms with Gasteiger partial charge in [-0.15, -0.1) is 0 Å². The summed E-state index contributed by atoms with van der Waals surface area (Å²) in [6.07, 6.45) is 10.2. The molecule has 186 valence electrons. The van der Waals surface area contributed by atoms with E-state index in [0.717, 1.165) is 34.4 Å². The van der Waals surface area contributed by atoms with E-state index in [4.69, 9.17) is 0 Å². The molecule has 2 aromatic rings. The van der Waals surface area contributed by atoms with Crippen molar-refractivity contribution in [2.24, 2.45) is 23.2 Å². The van der Waals surface area contributed by atoms with Crippen LogP contribution in [0.2, 0.25) is 0 Å². The molecule has 4 fully saturated rings. The highest BCUT2D eigenvalue weighted by atomic mass is 32.2. The highest BCUT2D eigenvalue weighted by Gasteiger charge is 2.51. The zero-order chi connectivity index (χ0) is 24.4. The van der Waals surface area contributed by atoms with E-state index in [2.05, 4.69) is 15.3 Å². The summed E-state index contributed by atoms with van der Waals surface area (Å²) < 4.78 is 28.1. The normalized spacial score (nSPS) is 29.7. The van der Waals surface area contributed by atoms with Crippen molar-refractivity contribution in [3.8, 4) is 0 Å². The standard InChI is InChI=1S/C27H34N4O3S/c1-17-5-18(2)7-22(6-17)35(33,34)31-4-3-23-24(15-31)28-16-29-26(23)30-25(32)14-27-11-19-8-20(12-27)10-21(9-19)13-27/h5-7,16,19-21H,3-4,8-15H2,1-2H3,(H,28,29,30,32). The van der Waals surface area contributed by atoms with Crippen molar-refractivity contribution >= 4 is 21.7 Å². The van der Waals surface area contributed by atoms with Gasteiger partial charge >= 0.3 is 0 Å². The Morgan fingerprint density at radius 3 is 2.29 bits per heavy atom. The first-order valence-corrected chi connectivity index (χ1v) is 14.3. The van der Waals surface area contributed by atoms with Crippen LogP contribution in [0.15, 0.2) is 29.4 Å². The predicted molar refractivity (Wildman–Crippen MR) is 133 cm³/mol. The molecule has 1 aliphatic heterocycles. The molecular weight excluding hydrogens is 460 g/mol. The van der Waals surface area contributed by atoms with Crippen LogP contribution in [0.25, 0.3) is 0 Å². The SMILES string of the molecule is Cc1cc(C)cc(S(=O)(=O)N2CCc3c(ncnc3NC(=O)CC34CC5CC(CC(C5)C3)C4)C2)c1. The van der Waals surface area contributed by atoms with Crippen molar-refractivity contribution in [1.82, 2.24) is 14.3 Å². The summed E-state index contributed by atoms with van der Waals surface area (Å²) in [4.78, 5) is 22.3. The minimum absolute atomic E-state index is 0.0399. The predicted octanol–water partition coefficient (Wildman–Crippen LogP) is 4.39. The number of carbonyl (C=O) groups is 1. The molecule has 0 unspecified atom stereocenters. The van der Waals surface area contributed by atoms with Crippen LogP contribution < -0.4 is 5.32 Å². The Balaban J connectivity index is 1.18. The summed E-state index contributed by atoms with van der Waals surface area (Å²) in [5.74, 6) is 3.02. The molecule has 5 aliphatic rings. The van der Waals surface area contributed by atoms with Crippen LogP contribution in [0.3, 0.4) is 0 Å². The Morgan fingerprint density at radius 2 is 1.66 bits per heavy atom. The maximum Gasteiger partial charge on any atom is 0.243 e. The molecule has 7 nitrogen and oxygen atoms in total. The summed E-state index contributed by atoms with van der Waals surface area (Å²) in [5.41, 5.74) is 3.55.